The van der Waals surface area contributed by atoms with Gasteiger partial charge in [0, 0.05) is 0 Å². The summed E-state index contributed by atoms with van der Waals surface area (Å²) < 4.78 is 0. The molecule has 0 radical (unpaired) electrons. The molecule has 2 saturated heterocycles. The van der Waals surface area contributed by atoms with Crippen LogP contribution in [-0.4, -0.2) is 38.1 Å². The van der Waals surface area contributed by atoms with Crippen LogP contribution in [0.5, 0.6) is 11.5 Å². The molecule has 0 N–H and O–H groups in total. The summed E-state index contributed by atoms with van der Waals surface area (Å²) in [5.41, 5.74) is 0.550. The van der Waals surface area contributed by atoms with Crippen molar-refractivity contribution >= 4 is 5.78 Å². The fourth-order valence-electron chi connectivity index (χ4n) is 6.26. The molecule has 0 bridgehead atoms. The number of benzene rings is 2. The molecule has 2 aromatic carbocycles. The molecule has 2 fully saturated rings. The van der Waals surface area contributed by atoms with Gasteiger partial charge in [0.15, 0.2) is 11.5 Å². The molecule has 2 aromatic rings. The Kier molecular flexibility index (Phi) is 7.04. The van der Waals surface area contributed by atoms with Crippen molar-refractivity contribution in [2.45, 2.75) is 116 Å². The molecule has 5 heteroatoms. The van der Waals surface area contributed by atoms with Gasteiger partial charge in [0.05, 0.1) is 33.3 Å². The fraction of sp³-hybridized carbons (Fsp3) is 0.581. The summed E-state index contributed by atoms with van der Waals surface area (Å²) in [6.45, 7) is 17.7. The number of piperidine rings is 2. The number of hydrogen-bond donors (Lipinski definition) is 0. The second-order valence-electron chi connectivity index (χ2n) is 13.0. The van der Waals surface area contributed by atoms with Crippen LogP contribution >= 0.6 is 0 Å². The Balaban J connectivity index is 1.68. The predicted octanol–water partition coefficient (Wildman–Crippen LogP) is 7.59. The second kappa shape index (κ2) is 9.50. The molecule has 5 nitrogen and oxygen atoms in total. The van der Waals surface area contributed by atoms with E-state index in [2.05, 4.69) is 65.5 Å². The maximum Gasteiger partial charge on any atom is 0.200 e. The van der Waals surface area contributed by atoms with Gasteiger partial charge in [0.25, 0.3) is 0 Å². The standard InChI is InChI=1S/C31H44N2O3/c1-28(2)19-13-20-29(3,4)32(28)35-25-17-11-9-15-23(25)27(34)24-16-10-12-18-26(24)36-33-30(5,6)21-14-22-31(33,7)8/h9-12,15-18H,13-14,19-22H2,1-8H3. The molecule has 2 aliphatic rings. The molecule has 196 valence electrons. The smallest absolute Gasteiger partial charge is 0.200 e. The maximum atomic E-state index is 14.0. The third kappa shape index (κ3) is 5.19. The van der Waals surface area contributed by atoms with Gasteiger partial charge >= 0.3 is 0 Å². The van der Waals surface area contributed by atoms with E-state index in [-0.39, 0.29) is 27.9 Å². The molecular formula is C31H44N2O3. The van der Waals surface area contributed by atoms with Crippen molar-refractivity contribution in [1.29, 1.82) is 0 Å². The van der Waals surface area contributed by atoms with Crippen LogP contribution in [0.2, 0.25) is 0 Å². The first-order valence-electron chi connectivity index (χ1n) is 13.4. The molecule has 0 aromatic heterocycles. The second-order valence-corrected chi connectivity index (χ2v) is 13.0. The third-order valence-electron chi connectivity index (χ3n) is 8.00. The third-order valence-corrected chi connectivity index (χ3v) is 8.00. The number of para-hydroxylation sites is 2. The highest BCUT2D eigenvalue weighted by Crippen LogP contribution is 2.41. The lowest BCUT2D eigenvalue weighted by Crippen LogP contribution is -2.60. The first-order chi connectivity index (χ1) is 16.7. The number of hydrogen-bond acceptors (Lipinski definition) is 5. The van der Waals surface area contributed by atoms with E-state index in [0.29, 0.717) is 22.6 Å². The molecule has 2 heterocycles. The van der Waals surface area contributed by atoms with E-state index < -0.39 is 0 Å². The fourth-order valence-corrected chi connectivity index (χ4v) is 6.26. The summed E-state index contributed by atoms with van der Waals surface area (Å²) in [7, 11) is 0. The highest BCUT2D eigenvalue weighted by atomic mass is 16.7. The molecule has 0 unspecified atom stereocenters. The van der Waals surface area contributed by atoms with Gasteiger partial charge in [-0.25, -0.2) is 0 Å². The zero-order valence-corrected chi connectivity index (χ0v) is 23.5. The van der Waals surface area contributed by atoms with Gasteiger partial charge in [-0.3, -0.25) is 4.79 Å². The van der Waals surface area contributed by atoms with E-state index in [4.69, 9.17) is 9.68 Å². The maximum absolute atomic E-state index is 14.0. The van der Waals surface area contributed by atoms with Crippen molar-refractivity contribution < 1.29 is 14.5 Å². The van der Waals surface area contributed by atoms with Crippen LogP contribution in [0.3, 0.4) is 0 Å². The van der Waals surface area contributed by atoms with Gasteiger partial charge in [0.2, 0.25) is 5.78 Å². The minimum Gasteiger partial charge on any atom is -0.404 e. The van der Waals surface area contributed by atoms with Crippen LogP contribution in [0.15, 0.2) is 48.5 Å². The van der Waals surface area contributed by atoms with Crippen LogP contribution in [0, 0.1) is 0 Å². The number of nitrogens with zero attached hydrogens (tertiary/aromatic N) is 2. The lowest BCUT2D eigenvalue weighted by Gasteiger charge is -2.51. The summed E-state index contributed by atoms with van der Waals surface area (Å²) in [5, 5.41) is 4.19. The van der Waals surface area contributed by atoms with Crippen LogP contribution in [0.1, 0.15) is 110 Å². The predicted molar refractivity (Wildman–Crippen MR) is 145 cm³/mol. The minimum absolute atomic E-state index is 0.0959. The molecule has 36 heavy (non-hydrogen) atoms. The van der Waals surface area contributed by atoms with E-state index in [9.17, 15) is 4.79 Å². The molecule has 0 atom stereocenters. The summed E-state index contributed by atoms with van der Waals surface area (Å²) >= 11 is 0. The molecule has 0 saturated carbocycles. The average molecular weight is 493 g/mol. The van der Waals surface area contributed by atoms with Gasteiger partial charge in [-0.1, -0.05) is 24.3 Å². The normalized spacial score (nSPS) is 23.1. The van der Waals surface area contributed by atoms with E-state index in [1.807, 2.05) is 48.5 Å². The molecule has 4 rings (SSSR count). The highest BCUT2D eigenvalue weighted by molar-refractivity contribution is 6.12. The average Bonchev–Trinajstić information content (AvgIpc) is 2.78. The highest BCUT2D eigenvalue weighted by Gasteiger charge is 2.45. The van der Waals surface area contributed by atoms with E-state index in [1.165, 1.54) is 0 Å². The van der Waals surface area contributed by atoms with Crippen LogP contribution < -0.4 is 9.68 Å². The van der Waals surface area contributed by atoms with Crippen molar-refractivity contribution in [3.63, 3.8) is 0 Å². The van der Waals surface area contributed by atoms with Crippen LogP contribution in [0.4, 0.5) is 0 Å². The Morgan fingerprint density at radius 1 is 0.583 bits per heavy atom. The van der Waals surface area contributed by atoms with Gasteiger partial charge in [-0.05, 0) is 118 Å². The molecule has 2 aliphatic heterocycles. The molecule has 0 aliphatic carbocycles. The topological polar surface area (TPSA) is 42.0 Å². The summed E-state index contributed by atoms with van der Waals surface area (Å²) in [6, 6.07) is 15.2. The lowest BCUT2D eigenvalue weighted by atomic mass is 9.82. The van der Waals surface area contributed by atoms with E-state index >= 15 is 0 Å². The number of hydroxylamine groups is 4. The van der Waals surface area contributed by atoms with E-state index in [0.717, 1.165) is 38.5 Å². The quantitative estimate of drug-likeness (QED) is 0.389. The van der Waals surface area contributed by atoms with Gasteiger partial charge in [0.1, 0.15) is 0 Å². The van der Waals surface area contributed by atoms with Crippen LogP contribution in [-0.2, 0) is 0 Å². The van der Waals surface area contributed by atoms with Crippen molar-refractivity contribution in [2.24, 2.45) is 0 Å². The number of rotatable bonds is 6. The molecule has 0 spiro atoms. The van der Waals surface area contributed by atoms with Crippen molar-refractivity contribution in [2.75, 3.05) is 0 Å². The first-order valence-corrected chi connectivity index (χ1v) is 13.4. The van der Waals surface area contributed by atoms with Gasteiger partial charge in [-0.15, -0.1) is 10.1 Å². The first kappa shape index (κ1) is 26.7. The Labute approximate surface area is 217 Å². The minimum atomic E-state index is -0.135. The molecule has 0 amide bonds. The van der Waals surface area contributed by atoms with Crippen molar-refractivity contribution in [1.82, 2.24) is 10.1 Å². The Hall–Kier alpha value is -2.37. The largest absolute Gasteiger partial charge is 0.404 e. The van der Waals surface area contributed by atoms with E-state index in [1.54, 1.807) is 0 Å². The SMILES string of the molecule is CC1(C)CCCC(C)(C)N1Oc1ccccc1C(=O)c1ccccc1ON1C(C)(C)CCCC1(C)C. The number of ketones is 1. The van der Waals surface area contributed by atoms with Crippen molar-refractivity contribution in [3.8, 4) is 11.5 Å². The zero-order chi connectivity index (χ0) is 26.4. The summed E-state index contributed by atoms with van der Waals surface area (Å²) in [5.74, 6) is 1.07. The van der Waals surface area contributed by atoms with Crippen LogP contribution in [0.25, 0.3) is 0 Å². The Bertz CT molecular complexity index is 985. The molecular weight excluding hydrogens is 448 g/mol. The monoisotopic (exact) mass is 492 g/mol. The Morgan fingerprint density at radius 2 is 0.889 bits per heavy atom. The van der Waals surface area contributed by atoms with Gasteiger partial charge < -0.3 is 9.68 Å². The lowest BCUT2D eigenvalue weighted by molar-refractivity contribution is -0.217. The summed E-state index contributed by atoms with van der Waals surface area (Å²) in [4.78, 5) is 27.2. The van der Waals surface area contributed by atoms with Crippen molar-refractivity contribution in [3.05, 3.63) is 59.7 Å². The Morgan fingerprint density at radius 3 is 1.22 bits per heavy atom. The number of carbonyl (C=O) groups excluding carboxylic acids is 1. The number of carbonyl (C=O) groups is 1. The zero-order valence-electron chi connectivity index (χ0n) is 23.5. The summed E-state index contributed by atoms with van der Waals surface area (Å²) in [6.07, 6.45) is 6.51. The van der Waals surface area contributed by atoms with Gasteiger partial charge in [-0.2, -0.15) is 0 Å².